The molecule has 0 aromatic heterocycles. The van der Waals surface area contributed by atoms with Crippen LogP contribution >= 0.6 is 0 Å². The van der Waals surface area contributed by atoms with Gasteiger partial charge in [-0.2, -0.15) is 0 Å². The molecule has 1 saturated carbocycles. The smallest absolute Gasteiger partial charge is 0.309 e. The zero-order valence-corrected chi connectivity index (χ0v) is 17.9. The van der Waals surface area contributed by atoms with Crippen molar-refractivity contribution in [3.8, 4) is 11.5 Å². The second kappa shape index (κ2) is 9.86. The van der Waals surface area contributed by atoms with Gasteiger partial charge in [0.2, 0.25) is 0 Å². The Morgan fingerprint density at radius 1 is 1.06 bits per heavy atom. The highest BCUT2D eigenvalue weighted by atomic mass is 16.6. The van der Waals surface area contributed by atoms with E-state index in [9.17, 15) is 9.59 Å². The Kier molecular flexibility index (Phi) is 6.75. The van der Waals surface area contributed by atoms with E-state index in [2.05, 4.69) is 12.1 Å². The molecule has 0 bridgehead atoms. The van der Waals surface area contributed by atoms with Crippen molar-refractivity contribution >= 4 is 11.9 Å². The van der Waals surface area contributed by atoms with Crippen LogP contribution in [0.4, 0.5) is 0 Å². The number of esters is 1. The van der Waals surface area contributed by atoms with E-state index in [0.717, 1.165) is 19.3 Å². The quantitative estimate of drug-likeness (QED) is 0.575. The summed E-state index contributed by atoms with van der Waals surface area (Å²) in [6, 6.07) is 15.6. The van der Waals surface area contributed by atoms with Gasteiger partial charge in [-0.3, -0.25) is 9.59 Å². The summed E-state index contributed by atoms with van der Waals surface area (Å²) in [6.07, 6.45) is 2.54. The molecule has 31 heavy (non-hydrogen) atoms. The Bertz CT molecular complexity index is 913. The van der Waals surface area contributed by atoms with Gasteiger partial charge in [-0.05, 0) is 55.9 Å². The number of aryl methyl sites for hydroxylation is 1. The molecule has 1 aliphatic heterocycles. The van der Waals surface area contributed by atoms with Crippen molar-refractivity contribution < 1.29 is 23.8 Å². The van der Waals surface area contributed by atoms with Gasteiger partial charge in [0.1, 0.15) is 13.2 Å². The van der Waals surface area contributed by atoms with E-state index >= 15 is 0 Å². The monoisotopic (exact) mass is 423 g/mol. The van der Waals surface area contributed by atoms with Gasteiger partial charge in [0, 0.05) is 18.7 Å². The summed E-state index contributed by atoms with van der Waals surface area (Å²) in [5.41, 5.74) is 1.84. The van der Waals surface area contributed by atoms with Crippen molar-refractivity contribution in [3.05, 3.63) is 59.7 Å². The van der Waals surface area contributed by atoms with Gasteiger partial charge in [0.25, 0.3) is 5.91 Å². The van der Waals surface area contributed by atoms with Crippen molar-refractivity contribution in [2.45, 2.75) is 26.2 Å². The molecule has 1 heterocycles. The van der Waals surface area contributed by atoms with E-state index in [1.165, 1.54) is 5.56 Å². The number of hydrogen-bond donors (Lipinski definition) is 0. The van der Waals surface area contributed by atoms with Gasteiger partial charge < -0.3 is 19.1 Å². The second-order valence-electron chi connectivity index (χ2n) is 8.05. The molecule has 0 spiro atoms. The summed E-state index contributed by atoms with van der Waals surface area (Å²) in [5, 5.41) is 0. The van der Waals surface area contributed by atoms with E-state index in [-0.39, 0.29) is 23.7 Å². The van der Waals surface area contributed by atoms with Crippen molar-refractivity contribution in [3.63, 3.8) is 0 Å². The van der Waals surface area contributed by atoms with E-state index in [1.54, 1.807) is 18.2 Å². The van der Waals surface area contributed by atoms with E-state index in [1.807, 2.05) is 30.0 Å². The molecule has 0 N–H and O–H groups in total. The van der Waals surface area contributed by atoms with Gasteiger partial charge in [0.15, 0.2) is 11.5 Å². The normalized spacial score (nSPS) is 18.9. The van der Waals surface area contributed by atoms with Crippen molar-refractivity contribution in [2.75, 3.05) is 32.9 Å². The molecule has 2 aromatic carbocycles. The predicted molar refractivity (Wildman–Crippen MR) is 116 cm³/mol. The Hall–Kier alpha value is -3.02. The molecular weight excluding hydrogens is 394 g/mol. The minimum atomic E-state index is -0.150. The number of rotatable bonds is 9. The van der Waals surface area contributed by atoms with Gasteiger partial charge in [-0.15, -0.1) is 0 Å². The van der Waals surface area contributed by atoms with Crippen LogP contribution in [0.1, 0.15) is 35.7 Å². The fourth-order valence-corrected chi connectivity index (χ4v) is 4.02. The molecule has 1 fully saturated rings. The number of nitrogens with zero attached hydrogens (tertiary/aromatic N) is 1. The molecule has 164 valence electrons. The third kappa shape index (κ3) is 5.37. The van der Waals surface area contributed by atoms with Gasteiger partial charge in [-0.25, -0.2) is 0 Å². The largest absolute Gasteiger partial charge is 0.486 e. The minimum Gasteiger partial charge on any atom is -0.486 e. The van der Waals surface area contributed by atoms with Crippen molar-refractivity contribution in [1.82, 2.24) is 4.90 Å². The highest BCUT2D eigenvalue weighted by molar-refractivity contribution is 5.95. The van der Waals surface area contributed by atoms with E-state index < -0.39 is 0 Å². The second-order valence-corrected chi connectivity index (χ2v) is 8.05. The average Bonchev–Trinajstić information content (AvgIpc) is 3.58. The van der Waals surface area contributed by atoms with Crippen LogP contribution in [0.2, 0.25) is 0 Å². The maximum atomic E-state index is 13.4. The van der Waals surface area contributed by atoms with Crippen molar-refractivity contribution in [1.29, 1.82) is 0 Å². The molecule has 1 aliphatic carbocycles. The van der Waals surface area contributed by atoms with Gasteiger partial charge in [-0.1, -0.05) is 30.3 Å². The summed E-state index contributed by atoms with van der Waals surface area (Å²) < 4.78 is 16.4. The highest BCUT2D eigenvalue weighted by Gasteiger charge is 2.45. The first kappa shape index (κ1) is 21.2. The average molecular weight is 424 g/mol. The lowest BCUT2D eigenvalue weighted by atomic mass is 10.1. The van der Waals surface area contributed by atoms with Crippen LogP contribution < -0.4 is 9.47 Å². The first-order valence-corrected chi connectivity index (χ1v) is 11.0. The molecule has 6 heteroatoms. The first-order valence-electron chi connectivity index (χ1n) is 11.0. The molecule has 6 nitrogen and oxygen atoms in total. The van der Waals surface area contributed by atoms with Crippen LogP contribution in [0.25, 0.3) is 0 Å². The summed E-state index contributed by atoms with van der Waals surface area (Å²) in [6.45, 7) is 4.40. The van der Waals surface area contributed by atoms with Crippen LogP contribution in [-0.2, 0) is 16.0 Å². The minimum absolute atomic E-state index is 0.0421. The maximum absolute atomic E-state index is 13.4. The Labute approximate surface area is 183 Å². The molecule has 0 radical (unpaired) electrons. The van der Waals surface area contributed by atoms with Gasteiger partial charge in [0.05, 0.1) is 12.5 Å². The molecule has 2 aliphatic rings. The molecule has 1 amide bonds. The lowest BCUT2D eigenvalue weighted by Crippen LogP contribution is -2.35. The lowest BCUT2D eigenvalue weighted by molar-refractivity contribution is -0.145. The van der Waals surface area contributed by atoms with Crippen LogP contribution in [-0.4, -0.2) is 49.7 Å². The topological polar surface area (TPSA) is 65.1 Å². The molecule has 2 aromatic rings. The SMILES string of the molecule is CCOC(=O)[C@@H]1C[C@H]1CN(CCCc1ccccc1)C(=O)c1ccc2c(c1)OCCO2. The molecule has 0 unspecified atom stereocenters. The fourth-order valence-electron chi connectivity index (χ4n) is 4.02. The highest BCUT2D eigenvalue weighted by Crippen LogP contribution is 2.40. The van der Waals surface area contributed by atoms with Crippen LogP contribution in [0.3, 0.4) is 0 Å². The standard InChI is InChI=1S/C25H29NO5/c1-2-29-25(28)21-15-20(21)17-26(12-6-9-18-7-4-3-5-8-18)24(27)19-10-11-22-23(16-19)31-14-13-30-22/h3-5,7-8,10-11,16,20-21H,2,6,9,12-15,17H2,1H3/t20-,21+/m0/s1. The van der Waals surface area contributed by atoms with Gasteiger partial charge >= 0.3 is 5.97 Å². The number of amides is 1. The Morgan fingerprint density at radius 3 is 2.61 bits per heavy atom. The molecular formula is C25H29NO5. The Balaban J connectivity index is 1.43. The molecule has 0 saturated heterocycles. The first-order chi connectivity index (χ1) is 15.2. The fraction of sp³-hybridized carbons (Fsp3) is 0.440. The van der Waals surface area contributed by atoms with Crippen LogP contribution in [0.5, 0.6) is 11.5 Å². The molecule has 2 atom stereocenters. The van der Waals surface area contributed by atoms with E-state index in [0.29, 0.717) is 50.0 Å². The van der Waals surface area contributed by atoms with E-state index in [4.69, 9.17) is 14.2 Å². The zero-order chi connectivity index (χ0) is 21.6. The molecule has 4 rings (SSSR count). The number of ether oxygens (including phenoxy) is 3. The van der Waals surface area contributed by atoms with Crippen LogP contribution in [0.15, 0.2) is 48.5 Å². The number of hydrogen-bond acceptors (Lipinski definition) is 5. The maximum Gasteiger partial charge on any atom is 0.309 e. The summed E-state index contributed by atoms with van der Waals surface area (Å²) >= 11 is 0. The number of fused-ring (bicyclic) bond motifs is 1. The summed E-state index contributed by atoms with van der Waals surface area (Å²) in [4.78, 5) is 27.3. The number of benzene rings is 2. The summed E-state index contributed by atoms with van der Waals surface area (Å²) in [5.74, 6) is 1.16. The third-order valence-electron chi connectivity index (χ3n) is 5.78. The van der Waals surface area contributed by atoms with Crippen molar-refractivity contribution in [2.24, 2.45) is 11.8 Å². The van der Waals surface area contributed by atoms with Crippen LogP contribution in [0, 0.1) is 11.8 Å². The third-order valence-corrected chi connectivity index (χ3v) is 5.78. The zero-order valence-electron chi connectivity index (χ0n) is 17.9. The lowest BCUT2D eigenvalue weighted by Gasteiger charge is -2.24. The Morgan fingerprint density at radius 2 is 1.84 bits per heavy atom. The number of carbonyl (C=O) groups is 2. The predicted octanol–water partition coefficient (Wildman–Crippen LogP) is 3.73. The summed E-state index contributed by atoms with van der Waals surface area (Å²) in [7, 11) is 0. The number of carbonyl (C=O) groups excluding carboxylic acids is 2.